The lowest BCUT2D eigenvalue weighted by Crippen LogP contribution is -2.38. The molecule has 0 aliphatic heterocycles. The van der Waals surface area contributed by atoms with Crippen LogP contribution in [0.15, 0.2) is 77.7 Å². The van der Waals surface area contributed by atoms with Crippen LogP contribution in [0.5, 0.6) is 0 Å². The van der Waals surface area contributed by atoms with Gasteiger partial charge in [0.2, 0.25) is 5.91 Å². The maximum absolute atomic E-state index is 13.5. The van der Waals surface area contributed by atoms with Crippen molar-refractivity contribution in [2.75, 3.05) is 36.4 Å². The number of benzene rings is 3. The van der Waals surface area contributed by atoms with Gasteiger partial charge in [-0.1, -0.05) is 12.1 Å². The summed E-state index contributed by atoms with van der Waals surface area (Å²) in [6.07, 6.45) is 0.602. The lowest BCUT2D eigenvalue weighted by atomic mass is 10.1. The highest BCUT2D eigenvalue weighted by molar-refractivity contribution is 7.92. The number of nitrogens with one attached hydrogen (secondary N) is 2. The molecule has 2 amide bonds. The highest BCUT2D eigenvalue weighted by atomic mass is 32.2. The van der Waals surface area contributed by atoms with Gasteiger partial charge in [0.1, 0.15) is 18.2 Å². The quantitative estimate of drug-likeness (QED) is 0.379. The minimum absolute atomic E-state index is 0.0278. The molecule has 3 aromatic rings. The van der Waals surface area contributed by atoms with Gasteiger partial charge in [0.25, 0.3) is 15.9 Å². The fourth-order valence-corrected chi connectivity index (χ4v) is 4.70. The minimum atomic E-state index is -4.32. The van der Waals surface area contributed by atoms with E-state index in [1.807, 2.05) is 0 Å². The van der Waals surface area contributed by atoms with Gasteiger partial charge >= 0.3 is 0 Å². The van der Waals surface area contributed by atoms with E-state index in [0.29, 0.717) is 19.6 Å². The standard InChI is InChI=1S/C25H25F2N3O5S/c1-35-16-4-15-28-25(32)22-5-2-3-6-23(22)29-24(31)17-30(20-11-7-18(26)8-12-20)36(33,34)21-13-9-19(27)10-14-21/h2-3,5-14H,4,15-17H2,1H3,(H,28,32)(H,29,31). The van der Waals surface area contributed by atoms with Crippen molar-refractivity contribution in [1.82, 2.24) is 5.32 Å². The van der Waals surface area contributed by atoms with Crippen molar-refractivity contribution in [3.8, 4) is 0 Å². The van der Waals surface area contributed by atoms with Crippen LogP contribution in [0.4, 0.5) is 20.2 Å². The predicted molar refractivity (Wildman–Crippen MR) is 131 cm³/mol. The predicted octanol–water partition coefficient (Wildman–Crippen LogP) is 3.57. The van der Waals surface area contributed by atoms with Crippen LogP contribution in [0.1, 0.15) is 16.8 Å². The molecule has 0 heterocycles. The van der Waals surface area contributed by atoms with Gasteiger partial charge in [0.05, 0.1) is 21.8 Å². The van der Waals surface area contributed by atoms with Crippen molar-refractivity contribution in [3.05, 3.63) is 90.0 Å². The van der Waals surface area contributed by atoms with E-state index in [9.17, 15) is 26.8 Å². The molecule has 0 fully saturated rings. The Kier molecular flexibility index (Phi) is 9.09. The summed E-state index contributed by atoms with van der Waals surface area (Å²) >= 11 is 0. The molecule has 2 N–H and O–H groups in total. The zero-order chi connectivity index (χ0) is 26.1. The highest BCUT2D eigenvalue weighted by Crippen LogP contribution is 2.25. The van der Waals surface area contributed by atoms with Crippen molar-refractivity contribution in [2.45, 2.75) is 11.3 Å². The Balaban J connectivity index is 1.84. The van der Waals surface area contributed by atoms with Crippen LogP contribution in [-0.2, 0) is 19.6 Å². The third-order valence-corrected chi connectivity index (χ3v) is 6.85. The molecular weight excluding hydrogens is 492 g/mol. The van der Waals surface area contributed by atoms with E-state index >= 15 is 0 Å². The van der Waals surface area contributed by atoms with Gasteiger partial charge in [0, 0.05) is 20.3 Å². The molecular formula is C25H25F2N3O5S. The zero-order valence-corrected chi connectivity index (χ0v) is 20.2. The molecule has 11 heteroatoms. The summed E-state index contributed by atoms with van der Waals surface area (Å²) in [5.41, 5.74) is 0.406. The van der Waals surface area contributed by atoms with Crippen LogP contribution in [-0.4, -0.2) is 47.0 Å². The molecule has 190 valence electrons. The van der Waals surface area contributed by atoms with Gasteiger partial charge < -0.3 is 15.4 Å². The second-order valence-electron chi connectivity index (χ2n) is 7.64. The van der Waals surface area contributed by atoms with E-state index in [2.05, 4.69) is 10.6 Å². The monoisotopic (exact) mass is 517 g/mol. The van der Waals surface area contributed by atoms with Crippen molar-refractivity contribution in [1.29, 1.82) is 0 Å². The minimum Gasteiger partial charge on any atom is -0.385 e. The number of nitrogens with zero attached hydrogens (tertiary/aromatic N) is 1. The van der Waals surface area contributed by atoms with Crippen molar-refractivity contribution >= 4 is 33.2 Å². The number of para-hydroxylation sites is 1. The molecule has 0 spiro atoms. The van der Waals surface area contributed by atoms with Crippen LogP contribution >= 0.6 is 0 Å². The summed E-state index contributed by atoms with van der Waals surface area (Å²) < 4.78 is 59.2. The maximum Gasteiger partial charge on any atom is 0.264 e. The maximum atomic E-state index is 13.5. The second kappa shape index (κ2) is 12.2. The number of hydrogen-bond acceptors (Lipinski definition) is 5. The number of carbonyl (C=O) groups excluding carboxylic acids is 2. The molecule has 36 heavy (non-hydrogen) atoms. The van der Waals surface area contributed by atoms with Crippen LogP contribution in [0.25, 0.3) is 0 Å². The first-order valence-corrected chi connectivity index (χ1v) is 12.4. The van der Waals surface area contributed by atoms with Crippen LogP contribution in [0.3, 0.4) is 0 Å². The van der Waals surface area contributed by atoms with Gasteiger partial charge in [-0.3, -0.25) is 13.9 Å². The Morgan fingerprint density at radius 1 is 0.917 bits per heavy atom. The third-order valence-electron chi connectivity index (χ3n) is 5.06. The first-order valence-electron chi connectivity index (χ1n) is 10.9. The lowest BCUT2D eigenvalue weighted by molar-refractivity contribution is -0.114. The molecule has 0 atom stereocenters. The molecule has 8 nitrogen and oxygen atoms in total. The van der Waals surface area contributed by atoms with Gasteiger partial charge in [-0.05, 0) is 67.1 Å². The number of methoxy groups -OCH3 is 1. The summed E-state index contributed by atoms with van der Waals surface area (Å²) in [5, 5.41) is 5.30. The second-order valence-corrected chi connectivity index (χ2v) is 9.50. The average molecular weight is 518 g/mol. The molecule has 0 bridgehead atoms. The lowest BCUT2D eigenvalue weighted by Gasteiger charge is -2.24. The van der Waals surface area contributed by atoms with E-state index < -0.39 is 40.0 Å². The Hall–Kier alpha value is -3.83. The normalized spacial score (nSPS) is 11.1. The molecule has 3 aromatic carbocycles. The van der Waals surface area contributed by atoms with Gasteiger partial charge in [0.15, 0.2) is 0 Å². The number of ether oxygens (including phenoxy) is 1. The summed E-state index contributed by atoms with van der Waals surface area (Å²) in [5.74, 6) is -2.38. The largest absolute Gasteiger partial charge is 0.385 e. The number of hydrogen-bond donors (Lipinski definition) is 2. The van der Waals surface area contributed by atoms with Gasteiger partial charge in [-0.25, -0.2) is 17.2 Å². The number of halogens is 2. The van der Waals surface area contributed by atoms with E-state index in [0.717, 1.165) is 40.7 Å². The zero-order valence-electron chi connectivity index (χ0n) is 19.4. The number of carbonyl (C=O) groups is 2. The molecule has 0 aromatic heterocycles. The van der Waals surface area contributed by atoms with Gasteiger partial charge in [-0.15, -0.1) is 0 Å². The molecule has 0 saturated carbocycles. The molecule has 3 rings (SSSR count). The highest BCUT2D eigenvalue weighted by Gasteiger charge is 2.28. The number of sulfonamides is 1. The Bertz CT molecular complexity index is 1300. The first kappa shape index (κ1) is 26.8. The van der Waals surface area contributed by atoms with Crippen LogP contribution in [0, 0.1) is 11.6 Å². The Morgan fingerprint density at radius 3 is 2.17 bits per heavy atom. The summed E-state index contributed by atoms with van der Waals surface area (Å²) in [6, 6.07) is 14.9. The number of amides is 2. The summed E-state index contributed by atoms with van der Waals surface area (Å²) in [4.78, 5) is 25.3. The fraction of sp³-hybridized carbons (Fsp3) is 0.200. The van der Waals surface area contributed by atoms with E-state index in [1.165, 1.54) is 24.3 Å². The molecule has 0 aliphatic rings. The SMILES string of the molecule is COCCCNC(=O)c1ccccc1NC(=O)CN(c1ccc(F)cc1)S(=O)(=O)c1ccc(F)cc1. The third kappa shape index (κ3) is 6.86. The smallest absolute Gasteiger partial charge is 0.264 e. The molecule has 0 aliphatic carbocycles. The fourth-order valence-electron chi connectivity index (χ4n) is 3.28. The Labute approximate surface area is 207 Å². The number of rotatable bonds is 11. The van der Waals surface area contributed by atoms with E-state index in [4.69, 9.17) is 4.74 Å². The van der Waals surface area contributed by atoms with Crippen molar-refractivity contribution in [3.63, 3.8) is 0 Å². The van der Waals surface area contributed by atoms with Crippen LogP contribution in [0.2, 0.25) is 0 Å². The van der Waals surface area contributed by atoms with Crippen molar-refractivity contribution in [2.24, 2.45) is 0 Å². The molecule has 0 radical (unpaired) electrons. The number of anilines is 2. The summed E-state index contributed by atoms with van der Waals surface area (Å²) in [6.45, 7) is 0.152. The topological polar surface area (TPSA) is 105 Å². The summed E-state index contributed by atoms with van der Waals surface area (Å²) in [7, 11) is -2.77. The first-order chi connectivity index (χ1) is 17.2. The van der Waals surface area contributed by atoms with E-state index in [1.54, 1.807) is 19.2 Å². The van der Waals surface area contributed by atoms with Gasteiger partial charge in [-0.2, -0.15) is 0 Å². The van der Waals surface area contributed by atoms with Crippen molar-refractivity contribution < 1.29 is 31.5 Å². The average Bonchev–Trinajstić information content (AvgIpc) is 2.86. The van der Waals surface area contributed by atoms with Crippen LogP contribution < -0.4 is 14.9 Å². The van der Waals surface area contributed by atoms with E-state index in [-0.39, 0.29) is 21.8 Å². The molecule has 0 saturated heterocycles. The molecule has 0 unspecified atom stereocenters. The Morgan fingerprint density at radius 2 is 1.53 bits per heavy atom.